The fraction of sp³-hybridized carbons (Fsp3) is 0.286. The molecule has 0 aliphatic heterocycles. The molecule has 0 spiro atoms. The van der Waals surface area contributed by atoms with E-state index in [1.807, 2.05) is 12.1 Å². The summed E-state index contributed by atoms with van der Waals surface area (Å²) in [5.74, 6) is -1.51. The molecule has 0 fully saturated rings. The van der Waals surface area contributed by atoms with Crippen LogP contribution in [-0.4, -0.2) is 17.0 Å². The average molecular weight is 282 g/mol. The third-order valence-electron chi connectivity index (χ3n) is 2.94. The number of halogens is 1. The van der Waals surface area contributed by atoms with Crippen molar-refractivity contribution in [2.75, 3.05) is 0 Å². The Bertz CT molecular complexity index is 537. The molecule has 1 aromatic rings. The first-order valence-electron chi connectivity index (χ1n) is 5.80. The second-order valence-corrected chi connectivity index (χ2v) is 4.68. The molecule has 0 aliphatic rings. The summed E-state index contributed by atoms with van der Waals surface area (Å²) in [7, 11) is 0. The van der Waals surface area contributed by atoms with Crippen molar-refractivity contribution in [1.82, 2.24) is 5.32 Å². The third-order valence-corrected chi connectivity index (χ3v) is 3.29. The van der Waals surface area contributed by atoms with E-state index in [9.17, 15) is 9.59 Å². The van der Waals surface area contributed by atoms with Crippen LogP contribution in [0.1, 0.15) is 32.4 Å². The predicted octanol–water partition coefficient (Wildman–Crippen LogP) is 2.94. The number of nitrogens with one attached hydrogen (secondary N) is 1. The van der Waals surface area contributed by atoms with Crippen molar-refractivity contribution in [3.05, 3.63) is 46.0 Å². The summed E-state index contributed by atoms with van der Waals surface area (Å²) in [5, 5.41) is 12.1. The van der Waals surface area contributed by atoms with Gasteiger partial charge < -0.3 is 10.4 Å². The largest absolute Gasteiger partial charge is 0.478 e. The van der Waals surface area contributed by atoms with Crippen LogP contribution in [0.3, 0.4) is 0 Å². The summed E-state index contributed by atoms with van der Waals surface area (Å²) >= 11 is 6.04. The van der Waals surface area contributed by atoms with Crippen LogP contribution >= 0.6 is 11.6 Å². The monoisotopic (exact) mass is 281 g/mol. The molecule has 0 aliphatic carbocycles. The summed E-state index contributed by atoms with van der Waals surface area (Å²) in [6.07, 6.45) is 0. The van der Waals surface area contributed by atoms with Crippen molar-refractivity contribution >= 4 is 23.5 Å². The fourth-order valence-corrected chi connectivity index (χ4v) is 1.84. The lowest BCUT2D eigenvalue weighted by Crippen LogP contribution is -2.28. The summed E-state index contributed by atoms with van der Waals surface area (Å²) in [6, 6.07) is 6.90. The van der Waals surface area contributed by atoms with Gasteiger partial charge in [-0.1, -0.05) is 29.8 Å². The van der Waals surface area contributed by atoms with E-state index in [0.29, 0.717) is 5.02 Å². The summed E-state index contributed by atoms with van der Waals surface area (Å²) in [5.41, 5.74) is 1.01. The molecule has 2 N–H and O–H groups in total. The van der Waals surface area contributed by atoms with Crippen molar-refractivity contribution in [2.24, 2.45) is 0 Å². The van der Waals surface area contributed by atoms with Gasteiger partial charge in [0.2, 0.25) is 5.91 Å². The summed E-state index contributed by atoms with van der Waals surface area (Å²) in [4.78, 5) is 22.7. The summed E-state index contributed by atoms with van der Waals surface area (Å²) < 4.78 is 0. The van der Waals surface area contributed by atoms with E-state index in [1.54, 1.807) is 19.1 Å². The number of hydrogen-bond acceptors (Lipinski definition) is 2. The van der Waals surface area contributed by atoms with Gasteiger partial charge in [-0.05, 0) is 32.4 Å². The van der Waals surface area contributed by atoms with Crippen molar-refractivity contribution in [2.45, 2.75) is 26.8 Å². The first-order chi connectivity index (χ1) is 8.84. The zero-order chi connectivity index (χ0) is 14.6. The Labute approximate surface area is 117 Å². The van der Waals surface area contributed by atoms with E-state index in [4.69, 9.17) is 16.7 Å². The minimum Gasteiger partial charge on any atom is -0.478 e. The van der Waals surface area contributed by atoms with Gasteiger partial charge in [-0.3, -0.25) is 4.79 Å². The van der Waals surface area contributed by atoms with E-state index in [2.05, 4.69) is 5.32 Å². The molecule has 5 heteroatoms. The lowest BCUT2D eigenvalue weighted by atomic mass is 10.1. The Balaban J connectivity index is 2.87. The van der Waals surface area contributed by atoms with E-state index >= 15 is 0 Å². The van der Waals surface area contributed by atoms with Crippen molar-refractivity contribution in [1.29, 1.82) is 0 Å². The molecule has 0 radical (unpaired) electrons. The zero-order valence-electron chi connectivity index (χ0n) is 11.0. The number of carbonyl (C=O) groups excluding carboxylic acids is 1. The molecule has 0 saturated carbocycles. The fourth-order valence-electron chi connectivity index (χ4n) is 1.54. The van der Waals surface area contributed by atoms with E-state index in [1.165, 1.54) is 13.8 Å². The molecule has 0 saturated heterocycles. The highest BCUT2D eigenvalue weighted by atomic mass is 35.5. The number of rotatable bonds is 4. The molecule has 1 atom stereocenters. The van der Waals surface area contributed by atoms with Crippen LogP contribution in [0.5, 0.6) is 0 Å². The van der Waals surface area contributed by atoms with Gasteiger partial charge in [-0.2, -0.15) is 0 Å². The topological polar surface area (TPSA) is 66.4 Å². The molecule has 1 amide bonds. The molecule has 0 heterocycles. The van der Waals surface area contributed by atoms with E-state index in [0.717, 1.165) is 5.56 Å². The quantitative estimate of drug-likeness (QED) is 0.834. The van der Waals surface area contributed by atoms with Crippen LogP contribution in [0, 0.1) is 0 Å². The van der Waals surface area contributed by atoms with Gasteiger partial charge in [0, 0.05) is 16.2 Å². The molecular weight excluding hydrogens is 266 g/mol. The maximum absolute atomic E-state index is 11.9. The zero-order valence-corrected chi connectivity index (χ0v) is 11.8. The second-order valence-electron chi connectivity index (χ2n) is 4.27. The van der Waals surface area contributed by atoms with Crippen LogP contribution in [-0.2, 0) is 9.59 Å². The molecule has 19 heavy (non-hydrogen) atoms. The number of amides is 1. The molecule has 1 aromatic carbocycles. The van der Waals surface area contributed by atoms with Gasteiger partial charge in [0.15, 0.2) is 0 Å². The third kappa shape index (κ3) is 3.83. The van der Waals surface area contributed by atoms with Crippen LogP contribution < -0.4 is 5.32 Å². The lowest BCUT2D eigenvalue weighted by Gasteiger charge is -2.16. The molecule has 4 nitrogen and oxygen atoms in total. The van der Waals surface area contributed by atoms with Crippen LogP contribution in [0.4, 0.5) is 0 Å². The number of carbonyl (C=O) groups is 2. The Kier molecular flexibility index (Phi) is 5.12. The molecule has 0 unspecified atom stereocenters. The second kappa shape index (κ2) is 6.38. The Morgan fingerprint density at radius 1 is 1.21 bits per heavy atom. The van der Waals surface area contributed by atoms with E-state index in [-0.39, 0.29) is 17.2 Å². The Morgan fingerprint density at radius 2 is 1.79 bits per heavy atom. The normalized spacial score (nSPS) is 13.5. The predicted molar refractivity (Wildman–Crippen MR) is 74.0 cm³/mol. The highest BCUT2D eigenvalue weighted by molar-refractivity contribution is 6.31. The van der Waals surface area contributed by atoms with Gasteiger partial charge >= 0.3 is 5.97 Å². The highest BCUT2D eigenvalue weighted by Crippen LogP contribution is 2.22. The smallest absolute Gasteiger partial charge is 0.331 e. The minimum absolute atomic E-state index is 0.0314. The molecular formula is C14H16ClNO3. The van der Waals surface area contributed by atoms with Gasteiger partial charge in [0.25, 0.3) is 0 Å². The maximum Gasteiger partial charge on any atom is 0.331 e. The van der Waals surface area contributed by atoms with E-state index < -0.39 is 11.9 Å². The Hall–Kier alpha value is -1.81. The SMILES string of the molecule is C/C(C(=O)O)=C(\C)C(=O)N[C@@H](C)c1ccccc1Cl. The molecule has 102 valence electrons. The number of carboxylic acids is 1. The first-order valence-corrected chi connectivity index (χ1v) is 6.18. The summed E-state index contributed by atoms with van der Waals surface area (Å²) in [6.45, 7) is 4.68. The molecule has 0 aromatic heterocycles. The van der Waals surface area contributed by atoms with Crippen molar-refractivity contribution in [3.63, 3.8) is 0 Å². The number of benzene rings is 1. The van der Waals surface area contributed by atoms with Crippen LogP contribution in [0.2, 0.25) is 5.02 Å². The first kappa shape index (κ1) is 15.2. The number of aliphatic carboxylic acids is 1. The van der Waals surface area contributed by atoms with Gasteiger partial charge in [-0.15, -0.1) is 0 Å². The molecule has 1 rings (SSSR count). The minimum atomic E-state index is -1.10. The number of carboxylic acid groups (broad SMARTS) is 1. The average Bonchev–Trinajstić information content (AvgIpc) is 2.37. The van der Waals surface area contributed by atoms with Gasteiger partial charge in [-0.25, -0.2) is 4.79 Å². The van der Waals surface area contributed by atoms with Crippen molar-refractivity contribution < 1.29 is 14.7 Å². The van der Waals surface area contributed by atoms with Crippen molar-refractivity contribution in [3.8, 4) is 0 Å². The number of hydrogen-bond donors (Lipinski definition) is 2. The van der Waals surface area contributed by atoms with Gasteiger partial charge in [0.05, 0.1) is 6.04 Å². The standard InChI is InChI=1S/C14H16ClNO3/c1-8(9(2)14(18)19)13(17)16-10(3)11-6-4-5-7-12(11)15/h4-7,10H,1-3H3,(H,16,17)(H,18,19)/b9-8-/t10-/m0/s1. The molecule has 0 bridgehead atoms. The lowest BCUT2D eigenvalue weighted by molar-refractivity contribution is -0.133. The van der Waals surface area contributed by atoms with Crippen LogP contribution in [0.15, 0.2) is 35.4 Å². The Morgan fingerprint density at radius 3 is 2.32 bits per heavy atom. The highest BCUT2D eigenvalue weighted by Gasteiger charge is 2.16. The van der Waals surface area contributed by atoms with Gasteiger partial charge in [0.1, 0.15) is 0 Å². The van der Waals surface area contributed by atoms with Crippen LogP contribution in [0.25, 0.3) is 0 Å². The maximum atomic E-state index is 11.9.